The number of non-ortho nitro benzene ring substituents is 1. The average Bonchev–Trinajstić information content (AvgIpc) is 3.32. The van der Waals surface area contributed by atoms with Crippen molar-refractivity contribution in [2.45, 2.75) is 6.04 Å². The molecule has 32 heavy (non-hydrogen) atoms. The number of halogens is 1. The number of hydrogen-bond acceptors (Lipinski definition) is 6. The number of benzene rings is 3. The first-order chi connectivity index (χ1) is 15.5. The minimum absolute atomic E-state index is 0.0690. The Bertz CT molecular complexity index is 1260. The summed E-state index contributed by atoms with van der Waals surface area (Å²) in [6, 6.07) is 20.5. The Hall–Kier alpha value is -4.04. The lowest BCUT2D eigenvalue weighted by molar-refractivity contribution is -0.384. The van der Waals surface area contributed by atoms with Crippen LogP contribution in [0.2, 0.25) is 5.02 Å². The van der Waals surface area contributed by atoms with E-state index in [9.17, 15) is 19.7 Å². The first-order valence-corrected chi connectivity index (χ1v) is 10.1. The smallest absolute Gasteiger partial charge is 0.269 e. The van der Waals surface area contributed by atoms with Crippen LogP contribution >= 0.6 is 11.6 Å². The van der Waals surface area contributed by atoms with Gasteiger partial charge >= 0.3 is 0 Å². The maximum atomic E-state index is 13.5. The third-order valence-corrected chi connectivity index (χ3v) is 5.78. The molecule has 2 aliphatic heterocycles. The lowest BCUT2D eigenvalue weighted by Gasteiger charge is -2.22. The molecule has 0 saturated carbocycles. The van der Waals surface area contributed by atoms with Crippen LogP contribution < -0.4 is 9.91 Å². The fraction of sp³-hybridized carbons (Fsp3) is 0.0870. The van der Waals surface area contributed by atoms with Gasteiger partial charge in [0.1, 0.15) is 12.0 Å². The number of nitrogens with zero attached hydrogens (tertiary/aromatic N) is 4. The van der Waals surface area contributed by atoms with Gasteiger partial charge in [0.15, 0.2) is 0 Å². The molecule has 9 heteroatoms. The van der Waals surface area contributed by atoms with E-state index in [-0.39, 0.29) is 5.69 Å². The molecule has 2 heterocycles. The highest BCUT2D eigenvalue weighted by Crippen LogP contribution is 2.39. The summed E-state index contributed by atoms with van der Waals surface area (Å²) in [5, 5.41) is 17.7. The summed E-state index contributed by atoms with van der Waals surface area (Å²) >= 11 is 5.96. The van der Waals surface area contributed by atoms with E-state index in [1.807, 2.05) is 30.3 Å². The van der Waals surface area contributed by atoms with Crippen molar-refractivity contribution in [3.8, 4) is 0 Å². The number of anilines is 2. The van der Waals surface area contributed by atoms with Crippen molar-refractivity contribution in [1.29, 1.82) is 0 Å². The van der Waals surface area contributed by atoms with Crippen molar-refractivity contribution in [2.24, 2.45) is 11.0 Å². The third kappa shape index (κ3) is 3.12. The number of imide groups is 1. The molecule has 2 unspecified atom stereocenters. The Kier molecular flexibility index (Phi) is 4.71. The van der Waals surface area contributed by atoms with Crippen molar-refractivity contribution in [3.63, 3.8) is 0 Å². The predicted molar refractivity (Wildman–Crippen MR) is 120 cm³/mol. The molecule has 2 amide bonds. The predicted octanol–water partition coefficient (Wildman–Crippen LogP) is 4.03. The summed E-state index contributed by atoms with van der Waals surface area (Å²) in [5.74, 6) is -1.65. The van der Waals surface area contributed by atoms with E-state index in [4.69, 9.17) is 11.6 Å². The quantitative estimate of drug-likeness (QED) is 0.342. The van der Waals surface area contributed by atoms with Gasteiger partial charge in [-0.15, -0.1) is 0 Å². The Labute approximate surface area is 187 Å². The molecule has 8 nitrogen and oxygen atoms in total. The van der Waals surface area contributed by atoms with E-state index in [1.165, 1.54) is 12.1 Å². The van der Waals surface area contributed by atoms with Gasteiger partial charge in [0.2, 0.25) is 5.91 Å². The number of hydrazone groups is 1. The molecule has 3 aromatic rings. The molecule has 2 aliphatic rings. The molecule has 1 fully saturated rings. The Morgan fingerprint density at radius 3 is 2.12 bits per heavy atom. The van der Waals surface area contributed by atoms with Crippen LogP contribution in [0.25, 0.3) is 0 Å². The Balaban J connectivity index is 1.61. The van der Waals surface area contributed by atoms with Crippen LogP contribution in [0.5, 0.6) is 0 Å². The number of fused-ring (bicyclic) bond motifs is 1. The van der Waals surface area contributed by atoms with E-state index in [0.29, 0.717) is 27.7 Å². The zero-order chi connectivity index (χ0) is 22.4. The van der Waals surface area contributed by atoms with Gasteiger partial charge in [-0.3, -0.25) is 24.7 Å². The van der Waals surface area contributed by atoms with Crippen molar-refractivity contribution in [1.82, 2.24) is 0 Å². The number of hydrogen-bond donors (Lipinski definition) is 0. The zero-order valence-corrected chi connectivity index (χ0v) is 17.2. The lowest BCUT2D eigenvalue weighted by Crippen LogP contribution is -2.39. The molecule has 1 saturated heterocycles. The molecule has 158 valence electrons. The van der Waals surface area contributed by atoms with E-state index in [1.54, 1.807) is 41.4 Å². The first kappa shape index (κ1) is 19.9. The van der Waals surface area contributed by atoms with Crippen LogP contribution in [0, 0.1) is 16.0 Å². The topological polar surface area (TPSA) is 96.1 Å². The van der Waals surface area contributed by atoms with Crippen LogP contribution in [0.15, 0.2) is 84.0 Å². The van der Waals surface area contributed by atoms with Crippen molar-refractivity contribution < 1.29 is 14.5 Å². The summed E-state index contributed by atoms with van der Waals surface area (Å²) in [4.78, 5) is 38.6. The highest BCUT2D eigenvalue weighted by molar-refractivity contribution is 6.34. The van der Waals surface area contributed by atoms with Crippen LogP contribution in [0.4, 0.5) is 17.1 Å². The standard InChI is InChI=1S/C23H15ClN4O4/c24-15-8-12-16(13-9-15)26-22(29)19-20(14-6-10-18(11-7-14)28(31)32)25-27(21(19)23(26)30)17-4-2-1-3-5-17/h1-13,19,21H. The second-order valence-corrected chi connectivity index (χ2v) is 7.82. The van der Waals surface area contributed by atoms with Crippen LogP contribution in [0.3, 0.4) is 0 Å². The molecule has 5 rings (SSSR count). The molecule has 2 atom stereocenters. The third-order valence-electron chi connectivity index (χ3n) is 5.53. The summed E-state index contributed by atoms with van der Waals surface area (Å²) < 4.78 is 0. The molecule has 0 radical (unpaired) electrons. The minimum Gasteiger partial charge on any atom is -0.273 e. The van der Waals surface area contributed by atoms with E-state index in [0.717, 1.165) is 4.90 Å². The second-order valence-electron chi connectivity index (χ2n) is 7.38. The molecule has 0 spiro atoms. The molecule has 0 aliphatic carbocycles. The normalized spacial score (nSPS) is 19.8. The maximum Gasteiger partial charge on any atom is 0.269 e. The van der Waals surface area contributed by atoms with Gasteiger partial charge in [0.25, 0.3) is 11.6 Å². The molecular weight excluding hydrogens is 432 g/mol. The first-order valence-electron chi connectivity index (χ1n) is 9.76. The SMILES string of the molecule is O=C1C2C(c3ccc([N+](=O)[O-])cc3)=NN(c3ccccc3)C2C(=O)N1c1ccc(Cl)cc1. The highest BCUT2D eigenvalue weighted by Gasteiger charge is 2.57. The molecular formula is C23H15ClN4O4. The van der Waals surface area contributed by atoms with Crippen molar-refractivity contribution in [2.75, 3.05) is 9.91 Å². The second kappa shape index (κ2) is 7.58. The summed E-state index contributed by atoms with van der Waals surface area (Å²) in [6.07, 6.45) is 0. The largest absolute Gasteiger partial charge is 0.273 e. The lowest BCUT2D eigenvalue weighted by atomic mass is 9.92. The number of para-hydroxylation sites is 1. The van der Waals surface area contributed by atoms with Gasteiger partial charge in [-0.1, -0.05) is 29.8 Å². The van der Waals surface area contributed by atoms with Crippen LogP contribution in [0.1, 0.15) is 5.56 Å². The molecule has 0 aromatic heterocycles. The van der Waals surface area contributed by atoms with E-state index < -0.39 is 28.7 Å². The molecule has 3 aromatic carbocycles. The van der Waals surface area contributed by atoms with E-state index in [2.05, 4.69) is 5.10 Å². The number of rotatable bonds is 4. The molecule has 0 N–H and O–H groups in total. The Morgan fingerprint density at radius 2 is 1.50 bits per heavy atom. The van der Waals surface area contributed by atoms with Gasteiger partial charge < -0.3 is 0 Å². The Morgan fingerprint density at radius 1 is 0.844 bits per heavy atom. The molecule has 0 bridgehead atoms. The fourth-order valence-electron chi connectivity index (χ4n) is 4.05. The number of nitro groups is 1. The maximum absolute atomic E-state index is 13.5. The van der Waals surface area contributed by atoms with Crippen molar-refractivity contribution >= 4 is 46.2 Å². The number of carbonyl (C=O) groups is 2. The monoisotopic (exact) mass is 446 g/mol. The number of nitro benzene ring substituents is 1. The fourth-order valence-corrected chi connectivity index (χ4v) is 4.17. The van der Waals surface area contributed by atoms with Gasteiger partial charge in [-0.25, -0.2) is 4.90 Å². The summed E-state index contributed by atoms with van der Waals surface area (Å²) in [5.41, 5.74) is 1.96. The van der Waals surface area contributed by atoms with Crippen LogP contribution in [-0.4, -0.2) is 28.5 Å². The van der Waals surface area contributed by atoms with Crippen molar-refractivity contribution in [3.05, 3.63) is 99.6 Å². The summed E-state index contributed by atoms with van der Waals surface area (Å²) in [6.45, 7) is 0. The number of carbonyl (C=O) groups excluding carboxylic acids is 2. The summed E-state index contributed by atoms with van der Waals surface area (Å²) in [7, 11) is 0. The van der Waals surface area contributed by atoms with Gasteiger partial charge in [-0.05, 0) is 54.1 Å². The van der Waals surface area contributed by atoms with Gasteiger partial charge in [0.05, 0.1) is 22.0 Å². The highest BCUT2D eigenvalue weighted by atomic mass is 35.5. The van der Waals surface area contributed by atoms with Gasteiger partial charge in [0, 0.05) is 17.2 Å². The average molecular weight is 447 g/mol. The number of amides is 2. The zero-order valence-electron chi connectivity index (χ0n) is 16.5. The van der Waals surface area contributed by atoms with Crippen LogP contribution in [-0.2, 0) is 9.59 Å². The minimum atomic E-state index is -0.856. The van der Waals surface area contributed by atoms with E-state index >= 15 is 0 Å². The van der Waals surface area contributed by atoms with Gasteiger partial charge in [-0.2, -0.15) is 5.10 Å².